The van der Waals surface area contributed by atoms with Gasteiger partial charge in [0.05, 0.1) is 19.8 Å². The van der Waals surface area contributed by atoms with Gasteiger partial charge in [0.1, 0.15) is 0 Å². The maximum absolute atomic E-state index is 5.64. The molecular formula is C17H21O2P. The largest absolute Gasteiger partial charge is 0.382 e. The summed E-state index contributed by atoms with van der Waals surface area (Å²) in [5.41, 5.74) is 0. The molecule has 0 bridgehead atoms. The Bertz CT molecular complexity index is 433. The molecule has 106 valence electrons. The lowest BCUT2D eigenvalue weighted by atomic mass is 10.4. The topological polar surface area (TPSA) is 18.5 Å². The zero-order valence-electron chi connectivity index (χ0n) is 11.9. The van der Waals surface area contributed by atoms with Crippen LogP contribution < -0.4 is 10.6 Å². The molecule has 2 rings (SSSR count). The van der Waals surface area contributed by atoms with Gasteiger partial charge in [0.2, 0.25) is 0 Å². The van der Waals surface area contributed by atoms with Crippen LogP contribution in [0, 0.1) is 0 Å². The quantitative estimate of drug-likeness (QED) is 0.549. The van der Waals surface area contributed by atoms with E-state index in [-0.39, 0.29) is 7.92 Å². The molecule has 3 heteroatoms. The van der Waals surface area contributed by atoms with Gasteiger partial charge in [0, 0.05) is 7.11 Å². The summed E-state index contributed by atoms with van der Waals surface area (Å²) in [4.78, 5) is 0. The summed E-state index contributed by atoms with van der Waals surface area (Å²) in [5, 5.41) is 2.81. The van der Waals surface area contributed by atoms with E-state index in [2.05, 4.69) is 60.7 Å². The zero-order valence-corrected chi connectivity index (χ0v) is 12.8. The molecule has 20 heavy (non-hydrogen) atoms. The maximum atomic E-state index is 5.64. The maximum Gasteiger partial charge on any atom is 0.0700 e. The summed E-state index contributed by atoms with van der Waals surface area (Å²) in [6.45, 7) is 2.11. The molecule has 0 aliphatic rings. The highest BCUT2D eigenvalue weighted by Crippen LogP contribution is 2.32. The second-order valence-electron chi connectivity index (χ2n) is 4.43. The highest BCUT2D eigenvalue weighted by Gasteiger charge is 2.12. The number of hydrogen-bond donors (Lipinski definition) is 0. The Morgan fingerprint density at radius 3 is 1.80 bits per heavy atom. The van der Waals surface area contributed by atoms with Crippen molar-refractivity contribution in [2.45, 2.75) is 0 Å². The fraction of sp³-hybridized carbons (Fsp3) is 0.294. The summed E-state index contributed by atoms with van der Waals surface area (Å²) in [6.07, 6.45) is 1.05. The van der Waals surface area contributed by atoms with Crippen molar-refractivity contribution in [3.05, 3.63) is 60.7 Å². The molecular weight excluding hydrogens is 267 g/mol. The van der Waals surface area contributed by atoms with Gasteiger partial charge >= 0.3 is 0 Å². The van der Waals surface area contributed by atoms with Crippen LogP contribution in [0.2, 0.25) is 0 Å². The van der Waals surface area contributed by atoms with Crippen molar-refractivity contribution in [1.82, 2.24) is 0 Å². The van der Waals surface area contributed by atoms with Crippen LogP contribution >= 0.6 is 7.92 Å². The summed E-state index contributed by atoms with van der Waals surface area (Å²) < 4.78 is 10.6. The lowest BCUT2D eigenvalue weighted by Crippen LogP contribution is -2.17. The Kier molecular flexibility index (Phi) is 6.73. The van der Waals surface area contributed by atoms with Crippen LogP contribution in [0.15, 0.2) is 60.7 Å². The molecule has 0 spiro atoms. The van der Waals surface area contributed by atoms with E-state index in [1.165, 1.54) is 10.6 Å². The minimum Gasteiger partial charge on any atom is -0.382 e. The van der Waals surface area contributed by atoms with Crippen molar-refractivity contribution < 1.29 is 9.47 Å². The molecule has 0 aliphatic heterocycles. The van der Waals surface area contributed by atoms with E-state index in [4.69, 9.17) is 9.47 Å². The molecule has 0 atom stereocenters. The second kappa shape index (κ2) is 8.86. The fourth-order valence-corrected chi connectivity index (χ4v) is 4.21. The average Bonchev–Trinajstić information content (AvgIpc) is 2.53. The molecule has 2 aromatic rings. The third-order valence-corrected chi connectivity index (χ3v) is 5.50. The Hall–Kier alpha value is -1.21. The van der Waals surface area contributed by atoms with E-state index in [1.807, 2.05) is 0 Å². The van der Waals surface area contributed by atoms with Crippen molar-refractivity contribution in [3.8, 4) is 0 Å². The van der Waals surface area contributed by atoms with E-state index in [1.54, 1.807) is 7.11 Å². The number of benzene rings is 2. The molecule has 0 saturated heterocycles. The minimum absolute atomic E-state index is 0.338. The first-order valence-electron chi connectivity index (χ1n) is 6.86. The standard InChI is InChI=1S/C17H21O2P/c1-18-12-13-19-14-15-20(16-8-4-2-5-9-16)17-10-6-3-7-11-17/h2-11H,12-15H2,1H3. The molecule has 0 unspecified atom stereocenters. The fourth-order valence-electron chi connectivity index (χ4n) is 2.02. The van der Waals surface area contributed by atoms with Gasteiger partial charge in [-0.3, -0.25) is 0 Å². The molecule has 0 N–H and O–H groups in total. The van der Waals surface area contributed by atoms with E-state index in [0.717, 1.165) is 12.8 Å². The SMILES string of the molecule is COCCOCCP(c1ccccc1)c1ccccc1. The Balaban J connectivity index is 2.02. The van der Waals surface area contributed by atoms with Gasteiger partial charge in [0.15, 0.2) is 0 Å². The van der Waals surface area contributed by atoms with Crippen molar-refractivity contribution in [3.63, 3.8) is 0 Å². The highest BCUT2D eigenvalue weighted by atomic mass is 31.1. The summed E-state index contributed by atoms with van der Waals surface area (Å²) in [5.74, 6) is 0. The third-order valence-electron chi connectivity index (χ3n) is 3.03. The van der Waals surface area contributed by atoms with E-state index >= 15 is 0 Å². The summed E-state index contributed by atoms with van der Waals surface area (Å²) in [7, 11) is 1.36. The van der Waals surface area contributed by atoms with E-state index in [9.17, 15) is 0 Å². The summed E-state index contributed by atoms with van der Waals surface area (Å²) in [6, 6.07) is 21.4. The molecule has 2 aromatic carbocycles. The highest BCUT2D eigenvalue weighted by molar-refractivity contribution is 7.73. The van der Waals surface area contributed by atoms with Gasteiger partial charge in [0.25, 0.3) is 0 Å². The zero-order chi connectivity index (χ0) is 14.0. The molecule has 0 aromatic heterocycles. The summed E-state index contributed by atoms with van der Waals surface area (Å²) >= 11 is 0. The van der Waals surface area contributed by atoms with Crippen molar-refractivity contribution in [2.75, 3.05) is 33.1 Å². The smallest absolute Gasteiger partial charge is 0.0700 e. The van der Waals surface area contributed by atoms with Crippen molar-refractivity contribution in [2.24, 2.45) is 0 Å². The van der Waals surface area contributed by atoms with Crippen LogP contribution in [-0.2, 0) is 9.47 Å². The van der Waals surface area contributed by atoms with Crippen molar-refractivity contribution >= 4 is 18.5 Å². The van der Waals surface area contributed by atoms with Gasteiger partial charge in [-0.2, -0.15) is 0 Å². The van der Waals surface area contributed by atoms with Gasteiger partial charge in [-0.15, -0.1) is 0 Å². The number of ether oxygens (including phenoxy) is 2. The van der Waals surface area contributed by atoms with Gasteiger partial charge in [-0.1, -0.05) is 60.7 Å². The average molecular weight is 288 g/mol. The molecule has 0 aliphatic carbocycles. The van der Waals surface area contributed by atoms with Crippen LogP contribution in [-0.4, -0.2) is 33.1 Å². The van der Waals surface area contributed by atoms with Crippen LogP contribution in [0.5, 0.6) is 0 Å². The molecule has 0 heterocycles. The number of rotatable bonds is 8. The first kappa shape index (κ1) is 15.2. The van der Waals surface area contributed by atoms with Crippen LogP contribution in [0.25, 0.3) is 0 Å². The van der Waals surface area contributed by atoms with Crippen molar-refractivity contribution in [1.29, 1.82) is 0 Å². The second-order valence-corrected chi connectivity index (χ2v) is 6.76. The predicted molar refractivity (Wildman–Crippen MR) is 86.6 cm³/mol. The first-order valence-corrected chi connectivity index (χ1v) is 8.39. The van der Waals surface area contributed by atoms with Gasteiger partial charge < -0.3 is 9.47 Å². The normalized spacial score (nSPS) is 10.9. The monoisotopic (exact) mass is 288 g/mol. The molecule has 0 saturated carbocycles. The van der Waals surface area contributed by atoms with Gasteiger partial charge in [-0.05, 0) is 24.7 Å². The number of hydrogen-bond acceptors (Lipinski definition) is 2. The van der Waals surface area contributed by atoms with Crippen LogP contribution in [0.3, 0.4) is 0 Å². The number of methoxy groups -OCH3 is 1. The molecule has 0 amide bonds. The Labute approximate surface area is 122 Å². The third kappa shape index (κ3) is 4.72. The molecule has 0 fully saturated rings. The Morgan fingerprint density at radius 1 is 0.750 bits per heavy atom. The lowest BCUT2D eigenvalue weighted by molar-refractivity contribution is 0.0788. The van der Waals surface area contributed by atoms with Crippen LogP contribution in [0.4, 0.5) is 0 Å². The van der Waals surface area contributed by atoms with E-state index < -0.39 is 0 Å². The lowest BCUT2D eigenvalue weighted by Gasteiger charge is -2.18. The predicted octanol–water partition coefficient (Wildman–Crippen LogP) is 2.78. The molecule has 0 radical (unpaired) electrons. The van der Waals surface area contributed by atoms with E-state index in [0.29, 0.717) is 13.2 Å². The van der Waals surface area contributed by atoms with Gasteiger partial charge in [-0.25, -0.2) is 0 Å². The molecule has 2 nitrogen and oxygen atoms in total. The van der Waals surface area contributed by atoms with Crippen LogP contribution in [0.1, 0.15) is 0 Å². The Morgan fingerprint density at radius 2 is 1.30 bits per heavy atom. The first-order chi connectivity index (χ1) is 9.92. The minimum atomic E-state index is -0.338.